The smallest absolute Gasteiger partial charge is 0.252 e. The van der Waals surface area contributed by atoms with Crippen LogP contribution in [0.25, 0.3) is 16.9 Å². The molecule has 0 aliphatic rings. The van der Waals surface area contributed by atoms with Crippen molar-refractivity contribution in [3.05, 3.63) is 71.1 Å². The number of ether oxygens (including phenoxy) is 2. The van der Waals surface area contributed by atoms with E-state index in [2.05, 4.69) is 20.6 Å². The number of rotatable bonds is 11. The number of amides is 1. The van der Waals surface area contributed by atoms with Crippen LogP contribution >= 0.6 is 11.6 Å². The zero-order valence-corrected chi connectivity index (χ0v) is 21.9. The number of hydrogen-bond donors (Lipinski definition) is 2. The number of imidazole rings is 1. The van der Waals surface area contributed by atoms with Gasteiger partial charge in [0.25, 0.3) is 5.91 Å². The molecule has 2 aromatic carbocycles. The van der Waals surface area contributed by atoms with Crippen LogP contribution in [0.2, 0.25) is 5.02 Å². The standard InChI is InChI=1S/C26H27ClF2N6O3/c1-34(2)11-13-38-12-9-31-26(36)17-5-4-16(14-19(17)27)33-24-25-32-15-20(35(25)10-8-30-24)18-6-7-21(37-3)23(29)22(18)28/h4-8,10,14-15H,9,11-13H2,1-3H3,(H,30,33)(H,31,36). The summed E-state index contributed by atoms with van der Waals surface area (Å²) in [5, 5.41) is 6.14. The van der Waals surface area contributed by atoms with E-state index in [1.165, 1.54) is 31.6 Å². The Morgan fingerprint density at radius 2 is 1.95 bits per heavy atom. The molecule has 0 unspecified atom stereocenters. The highest BCUT2D eigenvalue weighted by molar-refractivity contribution is 6.34. The molecule has 0 atom stereocenters. The number of methoxy groups -OCH3 is 1. The first-order chi connectivity index (χ1) is 18.3. The van der Waals surface area contributed by atoms with E-state index in [0.29, 0.717) is 48.2 Å². The summed E-state index contributed by atoms with van der Waals surface area (Å²) in [7, 11) is 5.19. The van der Waals surface area contributed by atoms with Crippen molar-refractivity contribution in [2.24, 2.45) is 0 Å². The van der Waals surface area contributed by atoms with Gasteiger partial charge in [0.2, 0.25) is 5.82 Å². The fourth-order valence-electron chi connectivity index (χ4n) is 3.69. The third-order valence-electron chi connectivity index (χ3n) is 5.66. The molecule has 12 heteroatoms. The molecule has 38 heavy (non-hydrogen) atoms. The highest BCUT2D eigenvalue weighted by Gasteiger charge is 2.19. The van der Waals surface area contributed by atoms with E-state index in [0.717, 1.165) is 6.54 Å². The molecule has 0 radical (unpaired) electrons. The zero-order chi connectivity index (χ0) is 27.2. The second-order valence-electron chi connectivity index (χ2n) is 8.55. The van der Waals surface area contributed by atoms with E-state index in [9.17, 15) is 13.6 Å². The summed E-state index contributed by atoms with van der Waals surface area (Å²) in [6.07, 6.45) is 4.52. The Morgan fingerprint density at radius 1 is 1.13 bits per heavy atom. The Hall–Kier alpha value is -3.80. The fraction of sp³-hybridized carbons (Fsp3) is 0.269. The molecule has 1 amide bonds. The van der Waals surface area contributed by atoms with Gasteiger partial charge in [-0.1, -0.05) is 11.6 Å². The minimum atomic E-state index is -1.08. The quantitative estimate of drug-likeness (QED) is 0.271. The van der Waals surface area contributed by atoms with Crippen LogP contribution < -0.4 is 15.4 Å². The van der Waals surface area contributed by atoms with Gasteiger partial charge in [-0.2, -0.15) is 4.39 Å². The Bertz CT molecular complexity index is 1450. The van der Waals surface area contributed by atoms with E-state index < -0.39 is 11.6 Å². The van der Waals surface area contributed by atoms with Gasteiger partial charge < -0.3 is 25.0 Å². The highest BCUT2D eigenvalue weighted by Crippen LogP contribution is 2.32. The maximum atomic E-state index is 14.7. The summed E-state index contributed by atoms with van der Waals surface area (Å²) in [5.74, 6) is -2.27. The molecule has 4 rings (SSSR count). The summed E-state index contributed by atoms with van der Waals surface area (Å²) in [4.78, 5) is 23.2. The second kappa shape index (κ2) is 12.2. The zero-order valence-electron chi connectivity index (χ0n) is 21.1. The third-order valence-corrected chi connectivity index (χ3v) is 5.97. The van der Waals surface area contributed by atoms with Gasteiger partial charge in [0, 0.05) is 36.7 Å². The van der Waals surface area contributed by atoms with Crippen LogP contribution in [0, 0.1) is 11.6 Å². The highest BCUT2D eigenvalue weighted by atomic mass is 35.5. The van der Waals surface area contributed by atoms with Crippen molar-refractivity contribution in [2.75, 3.05) is 52.8 Å². The topological polar surface area (TPSA) is 93.0 Å². The molecule has 9 nitrogen and oxygen atoms in total. The number of fused-ring (bicyclic) bond motifs is 1. The molecule has 0 fully saturated rings. The van der Waals surface area contributed by atoms with Gasteiger partial charge in [0.05, 0.1) is 42.8 Å². The summed E-state index contributed by atoms with van der Waals surface area (Å²) in [6, 6.07) is 7.65. The molecule has 2 aromatic heterocycles. The van der Waals surface area contributed by atoms with Gasteiger partial charge >= 0.3 is 0 Å². The summed E-state index contributed by atoms with van der Waals surface area (Å²) >= 11 is 6.38. The van der Waals surface area contributed by atoms with Crippen molar-refractivity contribution in [1.29, 1.82) is 0 Å². The van der Waals surface area contributed by atoms with Gasteiger partial charge in [-0.15, -0.1) is 0 Å². The number of anilines is 2. The minimum absolute atomic E-state index is 0.0226. The minimum Gasteiger partial charge on any atom is -0.494 e. The van der Waals surface area contributed by atoms with Gasteiger partial charge in [-0.3, -0.25) is 9.20 Å². The number of carbonyl (C=O) groups is 1. The monoisotopic (exact) mass is 544 g/mol. The average Bonchev–Trinajstić information content (AvgIpc) is 3.32. The lowest BCUT2D eigenvalue weighted by Crippen LogP contribution is -2.28. The van der Waals surface area contributed by atoms with Crippen molar-refractivity contribution in [2.45, 2.75) is 0 Å². The Morgan fingerprint density at radius 3 is 2.68 bits per heavy atom. The molecule has 0 saturated carbocycles. The first kappa shape index (κ1) is 27.2. The van der Waals surface area contributed by atoms with Gasteiger partial charge in [0.1, 0.15) is 0 Å². The summed E-state index contributed by atoms with van der Waals surface area (Å²) in [5.41, 5.74) is 1.61. The molecular weight excluding hydrogens is 518 g/mol. The number of benzene rings is 2. The van der Waals surface area contributed by atoms with Crippen molar-refractivity contribution in [1.82, 2.24) is 24.6 Å². The maximum Gasteiger partial charge on any atom is 0.252 e. The molecule has 0 saturated heterocycles. The van der Waals surface area contributed by atoms with Crippen molar-refractivity contribution >= 4 is 34.7 Å². The van der Waals surface area contributed by atoms with Gasteiger partial charge in [-0.05, 0) is 44.4 Å². The maximum absolute atomic E-state index is 14.7. The van der Waals surface area contributed by atoms with Crippen molar-refractivity contribution in [3.63, 3.8) is 0 Å². The summed E-state index contributed by atoms with van der Waals surface area (Å²) < 4.78 is 40.9. The second-order valence-corrected chi connectivity index (χ2v) is 8.95. The number of hydrogen-bond acceptors (Lipinski definition) is 7. The first-order valence-corrected chi connectivity index (χ1v) is 12.1. The number of halogens is 3. The van der Waals surface area contributed by atoms with Crippen LogP contribution in [0.15, 0.2) is 48.9 Å². The number of aromatic nitrogens is 3. The molecule has 0 aliphatic heterocycles. The normalized spacial score (nSPS) is 11.2. The van der Waals surface area contributed by atoms with Crippen molar-refractivity contribution in [3.8, 4) is 17.0 Å². The summed E-state index contributed by atoms with van der Waals surface area (Å²) in [6.45, 7) is 2.13. The fourth-order valence-corrected chi connectivity index (χ4v) is 3.96. The van der Waals surface area contributed by atoms with Crippen LogP contribution in [0.3, 0.4) is 0 Å². The molecule has 0 bridgehead atoms. The molecule has 0 spiro atoms. The lowest BCUT2D eigenvalue weighted by Gasteiger charge is -2.12. The predicted octanol–water partition coefficient (Wildman–Crippen LogP) is 4.39. The predicted molar refractivity (Wildman–Crippen MR) is 141 cm³/mol. The number of nitrogens with zero attached hydrogens (tertiary/aromatic N) is 4. The molecule has 2 heterocycles. The molecule has 0 aliphatic carbocycles. The molecule has 2 N–H and O–H groups in total. The Labute approximate surface area is 223 Å². The van der Waals surface area contributed by atoms with Gasteiger partial charge in [-0.25, -0.2) is 14.4 Å². The molecule has 4 aromatic rings. The van der Waals surface area contributed by atoms with E-state index in [4.69, 9.17) is 21.1 Å². The van der Waals surface area contributed by atoms with Crippen LogP contribution in [-0.2, 0) is 4.74 Å². The number of nitrogens with one attached hydrogen (secondary N) is 2. The first-order valence-electron chi connectivity index (χ1n) is 11.7. The number of carbonyl (C=O) groups excluding carboxylic acids is 1. The largest absolute Gasteiger partial charge is 0.494 e. The van der Waals surface area contributed by atoms with Crippen molar-refractivity contribution < 1.29 is 23.0 Å². The molecular formula is C26H27ClF2N6O3. The van der Waals surface area contributed by atoms with E-state index in [1.54, 1.807) is 28.8 Å². The van der Waals surface area contributed by atoms with Crippen LogP contribution in [0.1, 0.15) is 10.4 Å². The Kier molecular flexibility index (Phi) is 8.72. The lowest BCUT2D eigenvalue weighted by molar-refractivity contribution is 0.0900. The van der Waals surface area contributed by atoms with E-state index in [-0.39, 0.29) is 22.2 Å². The van der Waals surface area contributed by atoms with Crippen LogP contribution in [0.4, 0.5) is 20.3 Å². The molecule has 200 valence electrons. The average molecular weight is 545 g/mol. The van der Waals surface area contributed by atoms with Crippen LogP contribution in [0.5, 0.6) is 5.75 Å². The third kappa shape index (κ3) is 6.01. The Balaban J connectivity index is 1.47. The lowest BCUT2D eigenvalue weighted by atomic mass is 10.1. The van der Waals surface area contributed by atoms with E-state index in [1.807, 2.05) is 19.0 Å². The SMILES string of the molecule is COc1ccc(-c2cnc3c(Nc4ccc(C(=O)NCCOCCN(C)C)c(Cl)c4)nccn23)c(F)c1F. The van der Waals surface area contributed by atoms with Crippen LogP contribution in [-0.4, -0.2) is 72.7 Å². The van der Waals surface area contributed by atoms with Gasteiger partial charge in [0.15, 0.2) is 23.0 Å². The van der Waals surface area contributed by atoms with E-state index >= 15 is 0 Å². The number of likely N-dealkylation sites (N-methyl/N-ethyl adjacent to an activating group) is 1.